The van der Waals surface area contributed by atoms with Gasteiger partial charge in [0.1, 0.15) is 0 Å². The maximum absolute atomic E-state index is 4.68. The SMILES string of the molecule is CCN=C(C1=CC=CCC1C)c1ccccc1. The van der Waals surface area contributed by atoms with Crippen molar-refractivity contribution >= 4 is 5.71 Å². The van der Waals surface area contributed by atoms with Crippen molar-refractivity contribution in [3.63, 3.8) is 0 Å². The molecular formula is C16H19N. The van der Waals surface area contributed by atoms with Crippen molar-refractivity contribution in [2.45, 2.75) is 20.3 Å². The Labute approximate surface area is 104 Å². The summed E-state index contributed by atoms with van der Waals surface area (Å²) in [6.45, 7) is 5.19. The molecule has 0 radical (unpaired) electrons. The maximum atomic E-state index is 4.68. The molecule has 1 nitrogen and oxygen atoms in total. The summed E-state index contributed by atoms with van der Waals surface area (Å²) >= 11 is 0. The van der Waals surface area contributed by atoms with Gasteiger partial charge in [-0.3, -0.25) is 4.99 Å². The van der Waals surface area contributed by atoms with Crippen LogP contribution >= 0.6 is 0 Å². The van der Waals surface area contributed by atoms with Gasteiger partial charge in [-0.25, -0.2) is 0 Å². The summed E-state index contributed by atoms with van der Waals surface area (Å²) in [5.41, 5.74) is 3.74. The predicted octanol–water partition coefficient (Wildman–Crippen LogP) is 4.02. The highest BCUT2D eigenvalue weighted by Gasteiger charge is 2.16. The Hall–Kier alpha value is -1.63. The van der Waals surface area contributed by atoms with Crippen LogP contribution in [-0.4, -0.2) is 12.3 Å². The van der Waals surface area contributed by atoms with Crippen molar-refractivity contribution in [2.24, 2.45) is 10.9 Å². The second-order valence-corrected chi connectivity index (χ2v) is 4.38. The lowest BCUT2D eigenvalue weighted by Crippen LogP contribution is -2.14. The molecule has 88 valence electrons. The monoisotopic (exact) mass is 225 g/mol. The standard InChI is InChI=1S/C16H19N/c1-3-17-16(14-10-5-4-6-11-14)15-12-8-7-9-13(15)2/h4-8,10-13H,3,9H2,1-2H3. The lowest BCUT2D eigenvalue weighted by molar-refractivity contribution is 0.712. The van der Waals surface area contributed by atoms with Crippen LogP contribution in [0.5, 0.6) is 0 Å². The molecule has 1 heteroatoms. The number of allylic oxidation sites excluding steroid dienone is 4. The zero-order valence-electron chi connectivity index (χ0n) is 10.6. The molecule has 0 saturated carbocycles. The highest BCUT2D eigenvalue weighted by Crippen LogP contribution is 2.24. The molecule has 1 aliphatic rings. The van der Waals surface area contributed by atoms with E-state index in [0.29, 0.717) is 5.92 Å². The Morgan fingerprint density at radius 1 is 1.29 bits per heavy atom. The van der Waals surface area contributed by atoms with E-state index in [4.69, 9.17) is 0 Å². The number of rotatable bonds is 3. The third kappa shape index (κ3) is 2.73. The lowest BCUT2D eigenvalue weighted by Gasteiger charge is -2.19. The van der Waals surface area contributed by atoms with E-state index in [1.807, 2.05) is 6.07 Å². The van der Waals surface area contributed by atoms with Crippen molar-refractivity contribution in [1.82, 2.24) is 0 Å². The minimum absolute atomic E-state index is 0.561. The molecule has 1 aliphatic carbocycles. The molecule has 0 aromatic heterocycles. The van der Waals surface area contributed by atoms with Gasteiger partial charge in [-0.05, 0) is 30.4 Å². The van der Waals surface area contributed by atoms with E-state index < -0.39 is 0 Å². The zero-order valence-corrected chi connectivity index (χ0v) is 10.6. The molecule has 0 amide bonds. The van der Waals surface area contributed by atoms with Crippen molar-refractivity contribution in [3.8, 4) is 0 Å². The Morgan fingerprint density at radius 2 is 2.06 bits per heavy atom. The fourth-order valence-corrected chi connectivity index (χ4v) is 2.16. The van der Waals surface area contributed by atoms with Crippen molar-refractivity contribution in [1.29, 1.82) is 0 Å². The van der Waals surface area contributed by atoms with Gasteiger partial charge in [0.25, 0.3) is 0 Å². The molecule has 2 rings (SSSR count). The molecule has 0 heterocycles. The molecule has 0 spiro atoms. The first-order valence-corrected chi connectivity index (χ1v) is 6.30. The number of nitrogens with zero attached hydrogens (tertiary/aromatic N) is 1. The Balaban J connectivity index is 2.40. The van der Waals surface area contributed by atoms with E-state index in [1.165, 1.54) is 11.1 Å². The van der Waals surface area contributed by atoms with Gasteiger partial charge in [-0.1, -0.05) is 55.5 Å². The summed E-state index contributed by atoms with van der Waals surface area (Å²) < 4.78 is 0. The molecule has 0 saturated heterocycles. The number of hydrogen-bond acceptors (Lipinski definition) is 1. The lowest BCUT2D eigenvalue weighted by atomic mass is 9.87. The summed E-state index contributed by atoms with van der Waals surface area (Å²) in [6.07, 6.45) is 7.68. The number of hydrogen-bond donors (Lipinski definition) is 0. The van der Waals surface area contributed by atoms with Gasteiger partial charge in [-0.15, -0.1) is 0 Å². The average Bonchev–Trinajstić information content (AvgIpc) is 2.38. The Kier molecular flexibility index (Phi) is 3.92. The van der Waals surface area contributed by atoms with E-state index in [0.717, 1.165) is 18.7 Å². The quantitative estimate of drug-likeness (QED) is 0.689. The van der Waals surface area contributed by atoms with E-state index in [1.54, 1.807) is 0 Å². The van der Waals surface area contributed by atoms with Crippen molar-refractivity contribution in [2.75, 3.05) is 6.54 Å². The molecule has 0 fully saturated rings. The number of aliphatic imine (C=N–C) groups is 1. The number of benzene rings is 1. The maximum Gasteiger partial charge on any atom is 0.0681 e. The van der Waals surface area contributed by atoms with Crippen LogP contribution in [0.1, 0.15) is 25.8 Å². The normalized spacial score (nSPS) is 20.2. The van der Waals surface area contributed by atoms with Crippen molar-refractivity contribution < 1.29 is 0 Å². The predicted molar refractivity (Wildman–Crippen MR) is 74.5 cm³/mol. The fourth-order valence-electron chi connectivity index (χ4n) is 2.16. The van der Waals surface area contributed by atoms with E-state index in [-0.39, 0.29) is 0 Å². The van der Waals surface area contributed by atoms with Crippen LogP contribution in [0.2, 0.25) is 0 Å². The van der Waals surface area contributed by atoms with Crippen LogP contribution in [-0.2, 0) is 0 Å². The largest absolute Gasteiger partial charge is 0.285 e. The first-order chi connectivity index (χ1) is 8.33. The molecular weight excluding hydrogens is 206 g/mol. The summed E-state index contributed by atoms with van der Waals surface area (Å²) in [7, 11) is 0. The van der Waals surface area contributed by atoms with Gasteiger partial charge in [0.2, 0.25) is 0 Å². The summed E-state index contributed by atoms with van der Waals surface area (Å²) in [5.74, 6) is 0.561. The van der Waals surface area contributed by atoms with Crippen LogP contribution in [0.4, 0.5) is 0 Å². The summed E-state index contributed by atoms with van der Waals surface area (Å²) in [6, 6.07) is 10.5. The van der Waals surface area contributed by atoms with E-state index in [9.17, 15) is 0 Å². The van der Waals surface area contributed by atoms with Gasteiger partial charge in [0.05, 0.1) is 5.71 Å². The van der Waals surface area contributed by atoms with Gasteiger partial charge in [-0.2, -0.15) is 0 Å². The molecule has 1 atom stereocenters. The summed E-state index contributed by atoms with van der Waals surface area (Å²) in [4.78, 5) is 4.68. The first kappa shape index (κ1) is 11.8. The second kappa shape index (κ2) is 5.62. The molecule has 17 heavy (non-hydrogen) atoms. The van der Waals surface area contributed by atoms with E-state index in [2.05, 4.69) is 61.3 Å². The van der Waals surface area contributed by atoms with Crippen LogP contribution in [0, 0.1) is 5.92 Å². The van der Waals surface area contributed by atoms with Crippen LogP contribution < -0.4 is 0 Å². The Bertz CT molecular complexity index is 452. The first-order valence-electron chi connectivity index (χ1n) is 6.30. The fraction of sp³-hybridized carbons (Fsp3) is 0.312. The van der Waals surface area contributed by atoms with Gasteiger partial charge < -0.3 is 0 Å². The van der Waals surface area contributed by atoms with E-state index >= 15 is 0 Å². The highest BCUT2D eigenvalue weighted by molar-refractivity contribution is 6.13. The molecule has 1 unspecified atom stereocenters. The molecule has 0 aliphatic heterocycles. The zero-order chi connectivity index (χ0) is 12.1. The Morgan fingerprint density at radius 3 is 2.71 bits per heavy atom. The van der Waals surface area contributed by atoms with Gasteiger partial charge in [0.15, 0.2) is 0 Å². The van der Waals surface area contributed by atoms with Crippen LogP contribution in [0.3, 0.4) is 0 Å². The molecule has 0 N–H and O–H groups in total. The minimum atomic E-state index is 0.561. The van der Waals surface area contributed by atoms with Crippen LogP contribution in [0.15, 0.2) is 59.1 Å². The van der Waals surface area contributed by atoms with Crippen molar-refractivity contribution in [3.05, 3.63) is 59.7 Å². The minimum Gasteiger partial charge on any atom is -0.285 e. The third-order valence-electron chi connectivity index (χ3n) is 3.07. The topological polar surface area (TPSA) is 12.4 Å². The highest BCUT2D eigenvalue weighted by atomic mass is 14.7. The summed E-state index contributed by atoms with van der Waals surface area (Å²) in [5, 5.41) is 0. The van der Waals surface area contributed by atoms with Crippen LogP contribution in [0.25, 0.3) is 0 Å². The third-order valence-corrected chi connectivity index (χ3v) is 3.07. The molecule has 1 aromatic carbocycles. The second-order valence-electron chi connectivity index (χ2n) is 4.38. The van der Waals surface area contributed by atoms with Gasteiger partial charge >= 0.3 is 0 Å². The smallest absolute Gasteiger partial charge is 0.0681 e. The molecule has 1 aromatic rings. The average molecular weight is 225 g/mol. The molecule has 0 bridgehead atoms. The van der Waals surface area contributed by atoms with Gasteiger partial charge in [0, 0.05) is 6.54 Å².